The van der Waals surface area contributed by atoms with Gasteiger partial charge in [0.2, 0.25) is 0 Å². The van der Waals surface area contributed by atoms with Crippen molar-refractivity contribution < 1.29 is 13.9 Å². The molecule has 0 bridgehead atoms. The van der Waals surface area contributed by atoms with Crippen LogP contribution in [0.1, 0.15) is 52.6 Å². The Morgan fingerprint density at radius 3 is 3.10 bits per heavy atom. The minimum Gasteiger partial charge on any atom is -0.461 e. The Labute approximate surface area is 123 Å². The molecule has 4 nitrogen and oxygen atoms in total. The predicted molar refractivity (Wildman–Crippen MR) is 76.2 cm³/mol. The van der Waals surface area contributed by atoms with Gasteiger partial charge in [-0.25, -0.2) is 9.78 Å². The van der Waals surface area contributed by atoms with Gasteiger partial charge < -0.3 is 9.15 Å². The van der Waals surface area contributed by atoms with Crippen molar-refractivity contribution in [3.63, 3.8) is 0 Å². The number of benzene rings is 1. The van der Waals surface area contributed by atoms with E-state index in [0.717, 1.165) is 12.8 Å². The highest BCUT2D eigenvalue weighted by molar-refractivity contribution is 5.88. The van der Waals surface area contributed by atoms with Crippen molar-refractivity contribution in [1.82, 2.24) is 4.98 Å². The van der Waals surface area contributed by atoms with E-state index >= 15 is 0 Å². The highest BCUT2D eigenvalue weighted by Gasteiger charge is 2.56. The molecule has 108 valence electrons. The number of ether oxygens (including phenoxy) is 1. The lowest BCUT2D eigenvalue weighted by atomic mass is 9.92. The molecule has 0 radical (unpaired) electrons. The summed E-state index contributed by atoms with van der Waals surface area (Å²) in [4.78, 5) is 16.0. The fourth-order valence-corrected chi connectivity index (χ4v) is 3.77. The molecule has 2 aliphatic carbocycles. The van der Waals surface area contributed by atoms with E-state index in [-0.39, 0.29) is 11.9 Å². The van der Waals surface area contributed by atoms with E-state index in [0.29, 0.717) is 29.9 Å². The first-order valence-corrected chi connectivity index (χ1v) is 7.49. The molecule has 0 saturated heterocycles. The third-order valence-electron chi connectivity index (χ3n) is 4.70. The number of hydrogen-bond acceptors (Lipinski definition) is 4. The van der Waals surface area contributed by atoms with Gasteiger partial charge in [-0.05, 0) is 42.7 Å². The van der Waals surface area contributed by atoms with Crippen molar-refractivity contribution in [2.45, 2.75) is 31.6 Å². The third kappa shape index (κ3) is 1.89. The maximum absolute atomic E-state index is 12.0. The first-order valence-electron chi connectivity index (χ1n) is 7.49. The Morgan fingerprint density at radius 1 is 1.38 bits per heavy atom. The third-order valence-corrected chi connectivity index (χ3v) is 4.70. The standard InChI is InChI=1S/C17H17NO3/c1-2-20-17(19)15-16(21-9-18-15)14-12-8-7-10-5-3-4-6-11(10)13(12)14/h3-6,9,12-14H,2,7-8H2,1H3. The van der Waals surface area contributed by atoms with Gasteiger partial charge in [-0.1, -0.05) is 24.3 Å². The van der Waals surface area contributed by atoms with Crippen LogP contribution in [0.4, 0.5) is 0 Å². The van der Waals surface area contributed by atoms with Crippen LogP contribution in [-0.4, -0.2) is 17.6 Å². The van der Waals surface area contributed by atoms with Gasteiger partial charge >= 0.3 is 5.97 Å². The summed E-state index contributed by atoms with van der Waals surface area (Å²) < 4.78 is 10.6. The van der Waals surface area contributed by atoms with Crippen LogP contribution in [0.3, 0.4) is 0 Å². The second-order valence-electron chi connectivity index (χ2n) is 5.74. The summed E-state index contributed by atoms with van der Waals surface area (Å²) in [5.74, 6) is 1.64. The predicted octanol–water partition coefficient (Wildman–Crippen LogP) is 3.29. The summed E-state index contributed by atoms with van der Waals surface area (Å²) in [6, 6.07) is 8.58. The summed E-state index contributed by atoms with van der Waals surface area (Å²) in [5.41, 5.74) is 3.19. The Balaban J connectivity index is 1.66. The molecule has 2 aliphatic rings. The molecular formula is C17H17NO3. The molecule has 4 heteroatoms. The molecular weight excluding hydrogens is 266 g/mol. The zero-order valence-corrected chi connectivity index (χ0v) is 11.9. The number of carbonyl (C=O) groups is 1. The largest absolute Gasteiger partial charge is 0.461 e. The molecule has 1 aromatic carbocycles. The lowest BCUT2D eigenvalue weighted by molar-refractivity contribution is 0.0517. The maximum Gasteiger partial charge on any atom is 0.360 e. The van der Waals surface area contributed by atoms with Crippen molar-refractivity contribution >= 4 is 5.97 Å². The minimum absolute atomic E-state index is 0.274. The number of hydrogen-bond donors (Lipinski definition) is 0. The summed E-state index contributed by atoms with van der Waals surface area (Å²) in [7, 11) is 0. The van der Waals surface area contributed by atoms with E-state index in [1.165, 1.54) is 17.5 Å². The van der Waals surface area contributed by atoms with Gasteiger partial charge in [0, 0.05) is 5.92 Å². The minimum atomic E-state index is -0.377. The van der Waals surface area contributed by atoms with E-state index in [1.807, 2.05) is 0 Å². The van der Waals surface area contributed by atoms with Crippen LogP contribution in [0.25, 0.3) is 0 Å². The van der Waals surface area contributed by atoms with E-state index in [9.17, 15) is 4.79 Å². The molecule has 1 aromatic heterocycles. The van der Waals surface area contributed by atoms with Gasteiger partial charge in [0.1, 0.15) is 5.76 Å². The van der Waals surface area contributed by atoms with Crippen molar-refractivity contribution in [1.29, 1.82) is 0 Å². The van der Waals surface area contributed by atoms with Crippen molar-refractivity contribution in [3.05, 3.63) is 53.2 Å². The number of oxazole rings is 1. The molecule has 4 rings (SSSR count). The molecule has 1 heterocycles. The molecule has 1 fully saturated rings. The molecule has 21 heavy (non-hydrogen) atoms. The molecule has 3 unspecified atom stereocenters. The molecule has 1 saturated carbocycles. The molecule has 0 N–H and O–H groups in total. The first kappa shape index (κ1) is 12.6. The Bertz CT molecular complexity index is 691. The van der Waals surface area contributed by atoms with Gasteiger partial charge in [-0.3, -0.25) is 0 Å². The monoisotopic (exact) mass is 283 g/mol. The Kier molecular flexibility index (Phi) is 2.84. The highest BCUT2D eigenvalue weighted by Crippen LogP contribution is 2.65. The van der Waals surface area contributed by atoms with E-state index in [1.54, 1.807) is 6.92 Å². The number of fused-ring (bicyclic) bond motifs is 3. The van der Waals surface area contributed by atoms with Crippen LogP contribution < -0.4 is 0 Å². The number of aromatic nitrogens is 1. The lowest BCUT2D eigenvalue weighted by Gasteiger charge is -2.13. The van der Waals surface area contributed by atoms with Gasteiger partial charge in [-0.2, -0.15) is 0 Å². The number of esters is 1. The smallest absolute Gasteiger partial charge is 0.360 e. The second kappa shape index (κ2) is 4.72. The first-order chi connectivity index (χ1) is 10.3. The molecule has 0 amide bonds. The number of carbonyl (C=O) groups excluding carboxylic acids is 1. The van der Waals surface area contributed by atoms with Gasteiger partial charge in [0.25, 0.3) is 0 Å². The van der Waals surface area contributed by atoms with Crippen LogP contribution in [-0.2, 0) is 11.2 Å². The van der Waals surface area contributed by atoms with Crippen LogP contribution in [0.2, 0.25) is 0 Å². The van der Waals surface area contributed by atoms with Crippen LogP contribution in [0.5, 0.6) is 0 Å². The average Bonchev–Trinajstić information content (AvgIpc) is 3.05. The van der Waals surface area contributed by atoms with Gasteiger partial charge in [-0.15, -0.1) is 0 Å². The van der Waals surface area contributed by atoms with Crippen molar-refractivity contribution in [2.24, 2.45) is 5.92 Å². The Morgan fingerprint density at radius 2 is 2.24 bits per heavy atom. The zero-order valence-electron chi connectivity index (χ0n) is 11.9. The van der Waals surface area contributed by atoms with Crippen LogP contribution in [0, 0.1) is 5.92 Å². The normalized spacial score (nSPS) is 25.9. The van der Waals surface area contributed by atoms with Gasteiger partial charge in [0.15, 0.2) is 12.1 Å². The average molecular weight is 283 g/mol. The second-order valence-corrected chi connectivity index (χ2v) is 5.74. The molecule has 0 aliphatic heterocycles. The maximum atomic E-state index is 12.0. The zero-order chi connectivity index (χ0) is 14.4. The topological polar surface area (TPSA) is 52.3 Å². The summed E-state index contributed by atoms with van der Waals surface area (Å²) in [6.45, 7) is 2.15. The SMILES string of the molecule is CCOC(=O)c1ncoc1C1C2CCc3ccccc3C21. The number of nitrogens with zero attached hydrogens (tertiary/aromatic N) is 1. The summed E-state index contributed by atoms with van der Waals surface area (Å²) >= 11 is 0. The molecule has 3 atom stereocenters. The highest BCUT2D eigenvalue weighted by atomic mass is 16.5. The fraction of sp³-hybridized carbons (Fsp3) is 0.412. The Hall–Kier alpha value is -2.10. The van der Waals surface area contributed by atoms with Gasteiger partial charge in [0.05, 0.1) is 6.61 Å². The van der Waals surface area contributed by atoms with Crippen LogP contribution in [0.15, 0.2) is 35.1 Å². The van der Waals surface area contributed by atoms with E-state index < -0.39 is 0 Å². The number of rotatable bonds is 3. The molecule has 0 spiro atoms. The van der Waals surface area contributed by atoms with Crippen LogP contribution >= 0.6 is 0 Å². The van der Waals surface area contributed by atoms with Crippen molar-refractivity contribution in [2.75, 3.05) is 6.61 Å². The van der Waals surface area contributed by atoms with E-state index in [2.05, 4.69) is 29.2 Å². The lowest BCUT2D eigenvalue weighted by Crippen LogP contribution is -2.07. The summed E-state index contributed by atoms with van der Waals surface area (Å²) in [6.07, 6.45) is 3.61. The number of aryl methyl sites for hydroxylation is 1. The quantitative estimate of drug-likeness (QED) is 0.811. The van der Waals surface area contributed by atoms with E-state index in [4.69, 9.17) is 9.15 Å². The summed E-state index contributed by atoms with van der Waals surface area (Å²) in [5, 5.41) is 0. The fourth-order valence-electron chi connectivity index (χ4n) is 3.77. The molecule has 2 aromatic rings. The van der Waals surface area contributed by atoms with Crippen molar-refractivity contribution in [3.8, 4) is 0 Å².